The Morgan fingerprint density at radius 1 is 1.43 bits per heavy atom. The molecule has 0 radical (unpaired) electrons. The summed E-state index contributed by atoms with van der Waals surface area (Å²) in [4.78, 5) is 11.4. The van der Waals surface area contributed by atoms with Crippen LogP contribution in [-0.2, 0) is 9.53 Å². The van der Waals surface area contributed by atoms with Crippen LogP contribution in [0.25, 0.3) is 0 Å². The van der Waals surface area contributed by atoms with Crippen molar-refractivity contribution >= 4 is 5.91 Å². The number of ether oxygens (including phenoxy) is 1. The van der Waals surface area contributed by atoms with Crippen molar-refractivity contribution in [3.63, 3.8) is 0 Å². The summed E-state index contributed by atoms with van der Waals surface area (Å²) in [5.41, 5.74) is 5.43. The smallest absolute Gasteiger partial charge is 0.222 e. The van der Waals surface area contributed by atoms with E-state index < -0.39 is 0 Å². The Hall–Kier alpha value is -0.610. The predicted molar refractivity (Wildman–Crippen MR) is 57.0 cm³/mol. The zero-order valence-corrected chi connectivity index (χ0v) is 9.43. The molecule has 0 aliphatic carbocycles. The maximum Gasteiger partial charge on any atom is 0.222 e. The quantitative estimate of drug-likeness (QED) is 0.637. The average Bonchev–Trinajstić information content (AvgIpc) is 2.23. The van der Waals surface area contributed by atoms with Gasteiger partial charge in [0.25, 0.3) is 0 Å². The summed E-state index contributed by atoms with van der Waals surface area (Å²) in [6, 6.07) is 0. The standard InChI is InChI=1S/C10H22N2O2/c1-4-10(5-2,8-11)12-9(13)6-7-14-3/h4-8,11H2,1-3H3,(H,12,13). The van der Waals surface area contributed by atoms with Gasteiger partial charge in [-0.25, -0.2) is 0 Å². The SMILES string of the molecule is CCC(CC)(CN)NC(=O)CCOC. The van der Waals surface area contributed by atoms with Gasteiger partial charge in [-0.1, -0.05) is 13.8 Å². The normalized spacial score (nSPS) is 11.4. The van der Waals surface area contributed by atoms with Crippen LogP contribution in [0.4, 0.5) is 0 Å². The van der Waals surface area contributed by atoms with Crippen LogP contribution in [0.5, 0.6) is 0 Å². The second kappa shape index (κ2) is 6.79. The summed E-state index contributed by atoms with van der Waals surface area (Å²) in [7, 11) is 1.59. The van der Waals surface area contributed by atoms with Gasteiger partial charge in [0.05, 0.1) is 12.1 Å². The van der Waals surface area contributed by atoms with Gasteiger partial charge in [0, 0.05) is 20.1 Å². The molecule has 1 amide bonds. The van der Waals surface area contributed by atoms with Gasteiger partial charge in [-0.3, -0.25) is 4.79 Å². The van der Waals surface area contributed by atoms with Crippen molar-refractivity contribution in [3.05, 3.63) is 0 Å². The minimum atomic E-state index is -0.231. The third kappa shape index (κ3) is 4.07. The first-order valence-electron chi connectivity index (χ1n) is 5.14. The van der Waals surface area contributed by atoms with E-state index in [2.05, 4.69) is 5.32 Å². The lowest BCUT2D eigenvalue weighted by atomic mass is 9.93. The molecule has 0 bridgehead atoms. The highest BCUT2D eigenvalue weighted by atomic mass is 16.5. The monoisotopic (exact) mass is 202 g/mol. The van der Waals surface area contributed by atoms with Crippen LogP contribution in [0.2, 0.25) is 0 Å². The minimum Gasteiger partial charge on any atom is -0.384 e. The lowest BCUT2D eigenvalue weighted by Crippen LogP contribution is -2.53. The number of methoxy groups -OCH3 is 1. The van der Waals surface area contributed by atoms with Gasteiger partial charge < -0.3 is 15.8 Å². The molecule has 0 spiro atoms. The second-order valence-electron chi connectivity index (χ2n) is 3.48. The molecular weight excluding hydrogens is 180 g/mol. The maximum absolute atomic E-state index is 11.4. The zero-order valence-electron chi connectivity index (χ0n) is 9.43. The highest BCUT2D eigenvalue weighted by Crippen LogP contribution is 2.13. The highest BCUT2D eigenvalue weighted by Gasteiger charge is 2.25. The molecule has 0 aromatic heterocycles. The first-order valence-corrected chi connectivity index (χ1v) is 5.14. The van der Waals surface area contributed by atoms with E-state index >= 15 is 0 Å². The van der Waals surface area contributed by atoms with Crippen molar-refractivity contribution in [2.24, 2.45) is 5.73 Å². The molecule has 0 saturated carbocycles. The Balaban J connectivity index is 4.08. The summed E-state index contributed by atoms with van der Waals surface area (Å²) in [5, 5.41) is 2.97. The van der Waals surface area contributed by atoms with Gasteiger partial charge in [0.2, 0.25) is 5.91 Å². The van der Waals surface area contributed by atoms with Crippen LogP contribution in [0.15, 0.2) is 0 Å². The van der Waals surface area contributed by atoms with Crippen LogP contribution in [-0.4, -0.2) is 31.7 Å². The number of amides is 1. The molecule has 84 valence electrons. The van der Waals surface area contributed by atoms with Gasteiger partial charge in [-0.2, -0.15) is 0 Å². The molecular formula is C10H22N2O2. The zero-order chi connectivity index (χ0) is 11.0. The van der Waals surface area contributed by atoms with Crippen molar-refractivity contribution < 1.29 is 9.53 Å². The Morgan fingerprint density at radius 3 is 2.36 bits per heavy atom. The molecule has 0 rings (SSSR count). The molecule has 0 aromatic carbocycles. The summed E-state index contributed by atoms with van der Waals surface area (Å²) in [6.45, 7) is 5.01. The van der Waals surface area contributed by atoms with Gasteiger partial charge >= 0.3 is 0 Å². The van der Waals surface area contributed by atoms with Crippen LogP contribution in [0, 0.1) is 0 Å². The van der Waals surface area contributed by atoms with Gasteiger partial charge in [-0.05, 0) is 12.8 Å². The number of hydrogen-bond donors (Lipinski definition) is 2. The summed E-state index contributed by atoms with van der Waals surface area (Å²) < 4.78 is 4.84. The molecule has 0 fully saturated rings. The number of carbonyl (C=O) groups is 1. The molecule has 0 unspecified atom stereocenters. The van der Waals surface area contributed by atoms with E-state index in [9.17, 15) is 4.79 Å². The third-order valence-corrected chi connectivity index (χ3v) is 2.68. The lowest BCUT2D eigenvalue weighted by Gasteiger charge is -2.31. The number of nitrogens with one attached hydrogen (secondary N) is 1. The van der Waals surface area contributed by atoms with Crippen LogP contribution >= 0.6 is 0 Å². The third-order valence-electron chi connectivity index (χ3n) is 2.68. The Labute approximate surface area is 86.2 Å². The molecule has 0 atom stereocenters. The second-order valence-corrected chi connectivity index (χ2v) is 3.48. The van der Waals surface area contributed by atoms with Crippen molar-refractivity contribution in [1.82, 2.24) is 5.32 Å². The van der Waals surface area contributed by atoms with Crippen molar-refractivity contribution in [2.75, 3.05) is 20.3 Å². The Morgan fingerprint density at radius 2 is 2.00 bits per heavy atom. The van der Waals surface area contributed by atoms with Gasteiger partial charge in [0.15, 0.2) is 0 Å². The molecule has 0 aromatic rings. The summed E-state index contributed by atoms with van der Waals surface area (Å²) in [6.07, 6.45) is 2.12. The van der Waals surface area contributed by atoms with E-state index in [4.69, 9.17) is 10.5 Å². The molecule has 0 aliphatic rings. The summed E-state index contributed by atoms with van der Waals surface area (Å²) in [5.74, 6) is 0.0148. The van der Waals surface area contributed by atoms with E-state index in [1.54, 1.807) is 7.11 Å². The van der Waals surface area contributed by atoms with E-state index in [1.807, 2.05) is 13.8 Å². The van der Waals surface area contributed by atoms with Crippen molar-refractivity contribution in [1.29, 1.82) is 0 Å². The van der Waals surface area contributed by atoms with E-state index in [0.717, 1.165) is 12.8 Å². The van der Waals surface area contributed by atoms with Crippen LogP contribution < -0.4 is 11.1 Å². The minimum absolute atomic E-state index is 0.0148. The molecule has 4 heteroatoms. The number of rotatable bonds is 7. The predicted octanol–water partition coefficient (Wildman–Crippen LogP) is 0.657. The molecule has 4 nitrogen and oxygen atoms in total. The average molecular weight is 202 g/mol. The lowest BCUT2D eigenvalue weighted by molar-refractivity contribution is -0.123. The fourth-order valence-corrected chi connectivity index (χ4v) is 1.32. The molecule has 14 heavy (non-hydrogen) atoms. The fraction of sp³-hybridized carbons (Fsp3) is 0.900. The van der Waals surface area contributed by atoms with E-state index in [1.165, 1.54) is 0 Å². The Kier molecular flexibility index (Phi) is 6.49. The van der Waals surface area contributed by atoms with Crippen molar-refractivity contribution in [3.8, 4) is 0 Å². The van der Waals surface area contributed by atoms with Crippen LogP contribution in [0.1, 0.15) is 33.1 Å². The molecule has 0 aliphatic heterocycles. The topological polar surface area (TPSA) is 64.3 Å². The number of carbonyl (C=O) groups excluding carboxylic acids is 1. The first-order chi connectivity index (χ1) is 6.64. The highest BCUT2D eigenvalue weighted by molar-refractivity contribution is 5.76. The number of nitrogens with two attached hydrogens (primary N) is 1. The van der Waals surface area contributed by atoms with Gasteiger partial charge in [0.1, 0.15) is 0 Å². The Bertz CT molecular complexity index is 159. The summed E-state index contributed by atoms with van der Waals surface area (Å²) >= 11 is 0. The fourth-order valence-electron chi connectivity index (χ4n) is 1.32. The largest absolute Gasteiger partial charge is 0.384 e. The first kappa shape index (κ1) is 13.4. The number of hydrogen-bond acceptors (Lipinski definition) is 3. The van der Waals surface area contributed by atoms with E-state index in [-0.39, 0.29) is 11.4 Å². The van der Waals surface area contributed by atoms with Crippen molar-refractivity contribution in [2.45, 2.75) is 38.6 Å². The molecule has 0 saturated heterocycles. The molecule has 0 heterocycles. The maximum atomic E-state index is 11.4. The molecule has 3 N–H and O–H groups in total. The van der Waals surface area contributed by atoms with Crippen LogP contribution in [0.3, 0.4) is 0 Å². The van der Waals surface area contributed by atoms with E-state index in [0.29, 0.717) is 19.6 Å². The van der Waals surface area contributed by atoms with Gasteiger partial charge in [-0.15, -0.1) is 0 Å².